The molecular formula is C12H24NO3+. The molecule has 94 valence electrons. The number of hydrogen-bond acceptors (Lipinski definition) is 3. The molecule has 0 fully saturated rings. The molecule has 4 nitrogen and oxygen atoms in total. The van der Waals surface area contributed by atoms with Crippen LogP contribution in [0.5, 0.6) is 0 Å². The van der Waals surface area contributed by atoms with Crippen molar-refractivity contribution in [1.82, 2.24) is 0 Å². The van der Waals surface area contributed by atoms with E-state index in [0.29, 0.717) is 17.6 Å². The van der Waals surface area contributed by atoms with Crippen LogP contribution in [0.2, 0.25) is 0 Å². The molecule has 0 aromatic rings. The number of nitrogens with zero attached hydrogens (tertiary/aromatic N) is 1. The van der Waals surface area contributed by atoms with Gasteiger partial charge in [0.25, 0.3) is 0 Å². The largest absolute Gasteiger partial charge is 0.381 e. The lowest BCUT2D eigenvalue weighted by Gasteiger charge is -2.45. The highest BCUT2D eigenvalue weighted by molar-refractivity contribution is 5.81. The molecule has 0 aliphatic rings. The Morgan fingerprint density at radius 1 is 1.44 bits per heavy atom. The predicted molar refractivity (Wildman–Crippen MR) is 63.4 cm³/mol. The lowest BCUT2D eigenvalue weighted by Crippen LogP contribution is -2.65. The van der Waals surface area contributed by atoms with Crippen LogP contribution in [0.25, 0.3) is 0 Å². The van der Waals surface area contributed by atoms with Crippen molar-refractivity contribution in [2.24, 2.45) is 0 Å². The second-order valence-electron chi connectivity index (χ2n) is 4.06. The number of carbonyl (C=O) groups excluding carboxylic acids is 1. The van der Waals surface area contributed by atoms with Gasteiger partial charge in [0.1, 0.15) is 0 Å². The van der Waals surface area contributed by atoms with Crippen LogP contribution < -0.4 is 0 Å². The Morgan fingerprint density at radius 3 is 2.25 bits per heavy atom. The topological polar surface area (TPSA) is 46.5 Å². The first kappa shape index (κ1) is 15.1. The molecule has 1 atom stereocenters. The third-order valence-corrected chi connectivity index (χ3v) is 3.20. The Hall–Kier alpha value is -0.870. The van der Waals surface area contributed by atoms with Crippen LogP contribution in [0.15, 0.2) is 12.7 Å². The van der Waals surface area contributed by atoms with Gasteiger partial charge in [-0.15, -0.1) is 0 Å². The Kier molecular flexibility index (Phi) is 5.68. The Bertz CT molecular complexity index is 245. The summed E-state index contributed by atoms with van der Waals surface area (Å²) in [5.41, 5.74) is 0. The zero-order valence-electron chi connectivity index (χ0n) is 10.8. The van der Waals surface area contributed by atoms with Gasteiger partial charge >= 0.3 is 11.9 Å². The molecule has 0 rings (SSSR count). The summed E-state index contributed by atoms with van der Waals surface area (Å²) in [5, 5.41) is 10.3. The predicted octanol–water partition coefficient (Wildman–Crippen LogP) is 1.65. The molecule has 0 amide bonds. The zero-order valence-corrected chi connectivity index (χ0v) is 10.8. The molecule has 0 aliphatic carbocycles. The quantitative estimate of drug-likeness (QED) is 0.313. The van der Waals surface area contributed by atoms with Crippen molar-refractivity contribution < 1.29 is 19.1 Å². The van der Waals surface area contributed by atoms with E-state index in [1.165, 1.54) is 6.92 Å². The Balaban J connectivity index is 5.00. The first-order valence-electron chi connectivity index (χ1n) is 5.83. The maximum Gasteiger partial charge on any atom is 0.358 e. The van der Waals surface area contributed by atoms with Crippen molar-refractivity contribution >= 4 is 5.97 Å². The van der Waals surface area contributed by atoms with Crippen LogP contribution in [-0.2, 0) is 9.53 Å². The first-order chi connectivity index (χ1) is 7.39. The van der Waals surface area contributed by atoms with Crippen LogP contribution in [0.4, 0.5) is 0 Å². The van der Waals surface area contributed by atoms with Gasteiger partial charge in [-0.1, -0.05) is 13.5 Å². The van der Waals surface area contributed by atoms with Gasteiger partial charge in [0, 0.05) is 6.08 Å². The van der Waals surface area contributed by atoms with Gasteiger partial charge in [0.05, 0.1) is 26.6 Å². The summed E-state index contributed by atoms with van der Waals surface area (Å²) in [6.45, 7) is 13.1. The monoisotopic (exact) mass is 230 g/mol. The number of esters is 1. The number of hydrogen-bond donors (Lipinski definition) is 1. The molecule has 4 heteroatoms. The summed E-state index contributed by atoms with van der Waals surface area (Å²) < 4.78 is 5.41. The molecule has 0 aliphatic heterocycles. The van der Waals surface area contributed by atoms with E-state index in [4.69, 9.17) is 4.74 Å². The fourth-order valence-corrected chi connectivity index (χ4v) is 2.09. The Morgan fingerprint density at radius 2 is 1.94 bits per heavy atom. The minimum atomic E-state index is -1.50. The van der Waals surface area contributed by atoms with Gasteiger partial charge in [-0.25, -0.2) is 4.79 Å². The molecule has 0 heterocycles. The lowest BCUT2D eigenvalue weighted by atomic mass is 10.2. The smallest absolute Gasteiger partial charge is 0.358 e. The molecule has 0 saturated carbocycles. The van der Waals surface area contributed by atoms with E-state index < -0.39 is 11.9 Å². The number of rotatable bonds is 7. The van der Waals surface area contributed by atoms with Crippen molar-refractivity contribution in [1.29, 1.82) is 0 Å². The molecule has 0 saturated heterocycles. The maximum absolute atomic E-state index is 11.2. The summed E-state index contributed by atoms with van der Waals surface area (Å²) in [5.74, 6) is -2.09. The van der Waals surface area contributed by atoms with Gasteiger partial charge in [-0.3, -0.25) is 4.48 Å². The third-order valence-electron chi connectivity index (χ3n) is 3.20. The molecule has 1 N–H and O–H groups in total. The molecule has 0 radical (unpaired) electrons. The van der Waals surface area contributed by atoms with Gasteiger partial charge in [-0.2, -0.15) is 0 Å². The van der Waals surface area contributed by atoms with E-state index in [1.807, 2.05) is 20.8 Å². The highest BCUT2D eigenvalue weighted by atomic mass is 16.7. The molecule has 1 unspecified atom stereocenters. The van der Waals surface area contributed by atoms with Crippen LogP contribution in [0.1, 0.15) is 34.1 Å². The molecule has 0 aromatic carbocycles. The van der Waals surface area contributed by atoms with E-state index in [9.17, 15) is 9.90 Å². The van der Waals surface area contributed by atoms with Crippen LogP contribution in [-0.4, -0.2) is 41.1 Å². The van der Waals surface area contributed by atoms with Crippen molar-refractivity contribution in [3.8, 4) is 0 Å². The fourth-order valence-electron chi connectivity index (χ4n) is 2.09. The summed E-state index contributed by atoms with van der Waals surface area (Å²) in [6, 6.07) is 0. The normalized spacial score (nSPS) is 15.3. The average molecular weight is 230 g/mol. The molecule has 16 heavy (non-hydrogen) atoms. The molecule has 0 spiro atoms. The van der Waals surface area contributed by atoms with Gasteiger partial charge in [0.2, 0.25) is 0 Å². The van der Waals surface area contributed by atoms with Crippen molar-refractivity contribution in [2.45, 2.75) is 40.0 Å². The standard InChI is InChI=1S/C12H24NO3/c1-6-10-13(8-3,9-4)12(5,15)16-11(14)7-2/h7,15H,2,6,8-10H2,1,3-5H3/q+1. The van der Waals surface area contributed by atoms with E-state index in [-0.39, 0.29) is 0 Å². The minimum absolute atomic E-state index is 0.350. The average Bonchev–Trinajstić information content (AvgIpc) is 2.24. The lowest BCUT2D eigenvalue weighted by molar-refractivity contribution is -1.02. The summed E-state index contributed by atoms with van der Waals surface area (Å²) in [7, 11) is 0. The van der Waals surface area contributed by atoms with Crippen LogP contribution in [0.3, 0.4) is 0 Å². The van der Waals surface area contributed by atoms with E-state index in [0.717, 1.165) is 19.0 Å². The van der Waals surface area contributed by atoms with E-state index in [1.54, 1.807) is 0 Å². The van der Waals surface area contributed by atoms with Gasteiger partial charge < -0.3 is 9.84 Å². The maximum atomic E-state index is 11.2. The highest BCUT2D eigenvalue weighted by Crippen LogP contribution is 2.24. The van der Waals surface area contributed by atoms with Crippen LogP contribution >= 0.6 is 0 Å². The van der Waals surface area contributed by atoms with Crippen molar-refractivity contribution in [3.63, 3.8) is 0 Å². The Labute approximate surface area is 98.1 Å². The summed E-state index contributed by atoms with van der Waals surface area (Å²) in [6.07, 6.45) is 1.99. The van der Waals surface area contributed by atoms with Gasteiger partial charge in [0.15, 0.2) is 0 Å². The van der Waals surface area contributed by atoms with Crippen molar-refractivity contribution in [2.75, 3.05) is 19.6 Å². The number of carbonyl (C=O) groups is 1. The molecular weight excluding hydrogens is 206 g/mol. The van der Waals surface area contributed by atoms with E-state index in [2.05, 4.69) is 6.58 Å². The molecule has 0 bridgehead atoms. The van der Waals surface area contributed by atoms with Crippen molar-refractivity contribution in [3.05, 3.63) is 12.7 Å². The second kappa shape index (κ2) is 6.01. The number of aliphatic hydroxyl groups is 1. The highest BCUT2D eigenvalue weighted by Gasteiger charge is 2.46. The zero-order chi connectivity index (χ0) is 12.8. The molecule has 0 aromatic heterocycles. The van der Waals surface area contributed by atoms with E-state index >= 15 is 0 Å². The van der Waals surface area contributed by atoms with Gasteiger partial charge in [-0.05, 0) is 20.3 Å². The number of quaternary nitrogens is 1. The second-order valence-corrected chi connectivity index (χ2v) is 4.06. The number of ether oxygens (including phenoxy) is 1. The fraction of sp³-hybridized carbons (Fsp3) is 0.750. The summed E-state index contributed by atoms with van der Waals surface area (Å²) in [4.78, 5) is 11.2. The third kappa shape index (κ3) is 3.06. The summed E-state index contributed by atoms with van der Waals surface area (Å²) >= 11 is 0. The van der Waals surface area contributed by atoms with Crippen LogP contribution in [0, 0.1) is 0 Å². The SMILES string of the molecule is C=CC(=O)OC(C)(O)[N+](CC)(CC)CCC. The minimum Gasteiger partial charge on any atom is -0.381 e. The first-order valence-corrected chi connectivity index (χ1v) is 5.83.